The Labute approximate surface area is 338 Å². The minimum Gasteiger partial charge on any atom is -0.310 e. The van der Waals surface area contributed by atoms with Gasteiger partial charge in [0.15, 0.2) is 0 Å². The van der Waals surface area contributed by atoms with Crippen molar-refractivity contribution in [2.45, 2.75) is 25.7 Å². The smallest absolute Gasteiger partial charge is 0.0703 e. The Kier molecular flexibility index (Phi) is 7.45. The summed E-state index contributed by atoms with van der Waals surface area (Å²) in [5.41, 5.74) is 14.4. The van der Waals surface area contributed by atoms with E-state index in [1.807, 2.05) is 0 Å². The van der Waals surface area contributed by atoms with E-state index in [9.17, 15) is 0 Å². The summed E-state index contributed by atoms with van der Waals surface area (Å²) >= 11 is 0. The van der Waals surface area contributed by atoms with Crippen LogP contribution in [0.15, 0.2) is 211 Å². The van der Waals surface area contributed by atoms with Gasteiger partial charge in [-0.25, -0.2) is 0 Å². The molecule has 0 saturated heterocycles. The minimum absolute atomic E-state index is 0.982. The minimum atomic E-state index is 0.982. The van der Waals surface area contributed by atoms with Crippen molar-refractivity contribution < 1.29 is 0 Å². The van der Waals surface area contributed by atoms with Crippen LogP contribution in [0.2, 0.25) is 0 Å². The molecule has 0 atom stereocenters. The van der Waals surface area contributed by atoms with Crippen molar-refractivity contribution >= 4 is 83.5 Å². The molecule has 4 heteroatoms. The topological polar surface area (TPSA) is 13.0 Å². The molecule has 4 nitrogen and oxygen atoms in total. The van der Waals surface area contributed by atoms with Gasteiger partial charge >= 0.3 is 0 Å². The molecule has 0 bridgehead atoms. The monoisotopic (exact) mass is 744 g/mol. The number of nitrogens with zero attached hydrogens (tertiary/aromatic N) is 4. The molecule has 2 heterocycles. The first kappa shape index (κ1) is 32.9. The predicted molar refractivity (Wildman–Crippen MR) is 245 cm³/mol. The number of fused-ring (bicyclic) bond motifs is 8. The van der Waals surface area contributed by atoms with E-state index in [1.165, 1.54) is 66.5 Å². The first-order valence-electron chi connectivity index (χ1n) is 20.5. The Morgan fingerprint density at radius 3 is 1.43 bits per heavy atom. The third-order valence-electron chi connectivity index (χ3n) is 12.3. The average Bonchev–Trinajstić information content (AvgIpc) is 3.30. The number of hydrogen-bond acceptors (Lipinski definition) is 4. The Bertz CT molecular complexity index is 3050. The van der Waals surface area contributed by atoms with Gasteiger partial charge in [-0.2, -0.15) is 0 Å². The van der Waals surface area contributed by atoms with E-state index < -0.39 is 0 Å². The fourth-order valence-electron chi connectivity index (χ4n) is 9.88. The highest BCUT2D eigenvalue weighted by Crippen LogP contribution is 2.57. The Balaban J connectivity index is 1.14. The molecule has 276 valence electrons. The number of allylic oxidation sites excluding steroid dienone is 6. The van der Waals surface area contributed by atoms with Crippen LogP contribution in [0, 0.1) is 0 Å². The van der Waals surface area contributed by atoms with Crippen LogP contribution in [0.5, 0.6) is 0 Å². The van der Waals surface area contributed by atoms with E-state index in [-0.39, 0.29) is 0 Å². The van der Waals surface area contributed by atoms with Gasteiger partial charge in [-0.15, -0.1) is 0 Å². The lowest BCUT2D eigenvalue weighted by atomic mass is 9.91. The third kappa shape index (κ3) is 4.88. The fraction of sp³-hybridized carbons (Fsp3) is 0.0741. The number of benzene rings is 8. The lowest BCUT2D eigenvalue weighted by Crippen LogP contribution is -2.34. The van der Waals surface area contributed by atoms with E-state index in [0.717, 1.165) is 59.8 Å². The Hall–Kier alpha value is -7.30. The largest absolute Gasteiger partial charge is 0.310 e. The van der Waals surface area contributed by atoms with Crippen molar-refractivity contribution in [3.8, 4) is 0 Å². The van der Waals surface area contributed by atoms with Crippen LogP contribution in [0.3, 0.4) is 0 Å². The molecular weight excluding hydrogens is 705 g/mol. The molecule has 0 spiro atoms. The summed E-state index contributed by atoms with van der Waals surface area (Å²) in [6, 6.07) is 60.3. The van der Waals surface area contributed by atoms with Gasteiger partial charge in [0.1, 0.15) is 0 Å². The molecule has 0 radical (unpaired) electrons. The van der Waals surface area contributed by atoms with Crippen LogP contribution in [-0.2, 0) is 0 Å². The third-order valence-corrected chi connectivity index (χ3v) is 12.3. The summed E-state index contributed by atoms with van der Waals surface area (Å²) in [5, 5.41) is 7.46. The highest BCUT2D eigenvalue weighted by Gasteiger charge is 2.35. The zero-order valence-corrected chi connectivity index (χ0v) is 32.1. The number of para-hydroxylation sites is 7. The molecule has 0 aromatic heterocycles. The van der Waals surface area contributed by atoms with Gasteiger partial charge in [-0.1, -0.05) is 121 Å². The van der Waals surface area contributed by atoms with Gasteiger partial charge in [0.25, 0.3) is 0 Å². The average molecular weight is 745 g/mol. The van der Waals surface area contributed by atoms with E-state index >= 15 is 0 Å². The quantitative estimate of drug-likeness (QED) is 0.166. The van der Waals surface area contributed by atoms with Gasteiger partial charge in [0.05, 0.1) is 51.2 Å². The fourth-order valence-corrected chi connectivity index (χ4v) is 9.88. The molecule has 8 aromatic rings. The van der Waals surface area contributed by atoms with Gasteiger partial charge in [-0.05, 0) is 120 Å². The molecule has 58 heavy (non-hydrogen) atoms. The number of hydrogen-bond donors (Lipinski definition) is 0. The van der Waals surface area contributed by atoms with Crippen LogP contribution in [0.4, 0.5) is 51.2 Å². The first-order chi connectivity index (χ1) is 28.8. The van der Waals surface area contributed by atoms with E-state index in [0.29, 0.717) is 0 Å². The lowest BCUT2D eigenvalue weighted by Gasteiger charge is -2.43. The Morgan fingerprint density at radius 2 is 0.845 bits per heavy atom. The van der Waals surface area contributed by atoms with Crippen molar-refractivity contribution in [3.63, 3.8) is 0 Å². The van der Waals surface area contributed by atoms with Crippen LogP contribution < -0.4 is 19.6 Å². The van der Waals surface area contributed by atoms with Crippen LogP contribution in [-0.4, -0.2) is 0 Å². The highest BCUT2D eigenvalue weighted by molar-refractivity contribution is 6.27. The summed E-state index contributed by atoms with van der Waals surface area (Å²) in [6.07, 6.45) is 15.9. The molecular formula is C54H40N4. The van der Waals surface area contributed by atoms with Gasteiger partial charge in [0, 0.05) is 27.9 Å². The second-order valence-corrected chi connectivity index (χ2v) is 15.5. The number of rotatable bonds is 4. The first-order valence-corrected chi connectivity index (χ1v) is 20.5. The molecule has 2 aliphatic heterocycles. The van der Waals surface area contributed by atoms with E-state index in [2.05, 4.69) is 214 Å². The highest BCUT2D eigenvalue weighted by atomic mass is 15.3. The molecule has 0 N–H and O–H groups in total. The normalized spacial score (nSPS) is 15.8. The molecule has 0 saturated carbocycles. The molecule has 8 aromatic carbocycles. The molecule has 0 unspecified atom stereocenters. The second kappa shape index (κ2) is 13.1. The molecule has 0 amide bonds. The summed E-state index contributed by atoms with van der Waals surface area (Å²) in [7, 11) is 0. The van der Waals surface area contributed by atoms with Crippen LogP contribution in [0.1, 0.15) is 25.7 Å². The summed E-state index contributed by atoms with van der Waals surface area (Å²) in [5.74, 6) is 0. The summed E-state index contributed by atoms with van der Waals surface area (Å²) in [6.45, 7) is 0. The van der Waals surface area contributed by atoms with Crippen LogP contribution >= 0.6 is 0 Å². The maximum atomic E-state index is 2.55. The van der Waals surface area contributed by atoms with E-state index in [4.69, 9.17) is 0 Å². The lowest BCUT2D eigenvalue weighted by molar-refractivity contribution is 0.845. The van der Waals surface area contributed by atoms with Crippen molar-refractivity contribution in [1.29, 1.82) is 0 Å². The maximum Gasteiger partial charge on any atom is 0.0703 e. The summed E-state index contributed by atoms with van der Waals surface area (Å²) in [4.78, 5) is 9.96. The zero-order valence-electron chi connectivity index (χ0n) is 32.1. The maximum absolute atomic E-state index is 2.55. The molecule has 4 aliphatic rings. The standard InChI is InChI=1S/C54H40N4/c1-3-19-38(20-4-1)55-44-27-11-15-31-48(44)57(49-32-16-12-28-45(49)55)52-35-37-36-53(41-24-8-10-26-43(41)54(37)42-25-9-7-23-40(42)52)58-50-33-17-13-29-46(50)56(39-21-5-2-6-22-39)47-30-14-18-34-51(47)58/h1,3-5,7-13,15-29,31-36H,2,6,14,30H2. The van der Waals surface area contributed by atoms with Gasteiger partial charge in [-0.3, -0.25) is 0 Å². The predicted octanol–water partition coefficient (Wildman–Crippen LogP) is 15.2. The SMILES string of the molecule is C1=CC(N2C3=C(C=CCC3)N(c3cc4cc(N5c6ccccc6N(c6ccccc6)c6ccccc65)c5ccccc5c4c4ccccc34)c3ccccc32)=CCC1. The number of anilines is 9. The summed E-state index contributed by atoms with van der Waals surface area (Å²) < 4.78 is 0. The van der Waals surface area contributed by atoms with Crippen molar-refractivity contribution in [3.05, 3.63) is 211 Å². The zero-order chi connectivity index (χ0) is 38.2. The second-order valence-electron chi connectivity index (χ2n) is 15.5. The van der Waals surface area contributed by atoms with Crippen molar-refractivity contribution in [2.75, 3.05) is 19.6 Å². The Morgan fingerprint density at radius 1 is 0.362 bits per heavy atom. The van der Waals surface area contributed by atoms with Crippen LogP contribution in [0.25, 0.3) is 32.3 Å². The van der Waals surface area contributed by atoms with Gasteiger partial charge in [0.2, 0.25) is 0 Å². The van der Waals surface area contributed by atoms with Crippen molar-refractivity contribution in [2.24, 2.45) is 0 Å². The van der Waals surface area contributed by atoms with Gasteiger partial charge < -0.3 is 19.6 Å². The van der Waals surface area contributed by atoms with Crippen molar-refractivity contribution in [1.82, 2.24) is 0 Å². The molecule has 12 rings (SSSR count). The van der Waals surface area contributed by atoms with E-state index in [1.54, 1.807) is 0 Å². The molecule has 2 aliphatic carbocycles. The molecule has 0 fully saturated rings.